The molecule has 0 aliphatic rings. The van der Waals surface area contributed by atoms with Gasteiger partial charge in [-0.2, -0.15) is 8.60 Å². The zero-order valence-electron chi connectivity index (χ0n) is 10.1. The summed E-state index contributed by atoms with van der Waals surface area (Å²) >= 11 is 0. The van der Waals surface area contributed by atoms with Crippen LogP contribution in [0.15, 0.2) is 0 Å². The molecule has 0 spiro atoms. The van der Waals surface area contributed by atoms with Crippen LogP contribution in [0.5, 0.6) is 0 Å². The third kappa shape index (κ3) is 11.1. The monoisotopic (exact) mass is 254 g/mol. The van der Waals surface area contributed by atoms with Crippen molar-refractivity contribution in [2.75, 3.05) is 6.61 Å². The number of rotatable bonds is 7. The van der Waals surface area contributed by atoms with Gasteiger partial charge in [0.1, 0.15) is 0 Å². The Morgan fingerprint density at radius 2 is 1.80 bits per heavy atom. The molecule has 0 radical (unpaired) electrons. The molecule has 0 amide bonds. The number of hydrogen-bond acceptors (Lipinski definition) is 4. The standard InChI is InChI=1S/C8H17O4P.2Na/c1-3-5-8(12-13(10)11)7(4-2)6-9;;/h7-9H,3-6H2,1-2H3;;/q-2;2*+1. The predicted octanol–water partition coefficient (Wildman–Crippen LogP) is -5.85. The molecule has 0 bridgehead atoms. The molecule has 0 fully saturated rings. The Morgan fingerprint density at radius 3 is 2.07 bits per heavy atom. The molecule has 0 heterocycles. The summed E-state index contributed by atoms with van der Waals surface area (Å²) < 4.78 is 4.73. The summed E-state index contributed by atoms with van der Waals surface area (Å²) in [5, 5.41) is 8.96. The van der Waals surface area contributed by atoms with Gasteiger partial charge in [0.2, 0.25) is 0 Å². The number of aliphatic hydroxyl groups excluding tert-OH is 1. The second-order valence-corrected chi connectivity index (χ2v) is 3.67. The molecule has 4 nitrogen and oxygen atoms in total. The van der Waals surface area contributed by atoms with E-state index in [1.165, 1.54) is 0 Å². The van der Waals surface area contributed by atoms with Crippen LogP contribution in [0.3, 0.4) is 0 Å². The molecule has 1 N–H and O–H groups in total. The van der Waals surface area contributed by atoms with E-state index in [4.69, 9.17) is 9.63 Å². The third-order valence-electron chi connectivity index (χ3n) is 2.08. The van der Waals surface area contributed by atoms with Gasteiger partial charge in [-0.1, -0.05) is 20.3 Å². The molecule has 80 valence electrons. The first-order valence-corrected chi connectivity index (χ1v) is 5.67. The maximum absolute atomic E-state index is 10.4. The summed E-state index contributed by atoms with van der Waals surface area (Å²) in [6.45, 7) is 3.84. The molecule has 7 heteroatoms. The normalized spacial score (nSPS) is 14.0. The maximum atomic E-state index is 10.4. The van der Waals surface area contributed by atoms with E-state index in [0.717, 1.165) is 12.8 Å². The van der Waals surface area contributed by atoms with Gasteiger partial charge in [0.15, 0.2) is 0 Å². The quantitative estimate of drug-likeness (QED) is 0.363. The van der Waals surface area contributed by atoms with E-state index in [1.807, 2.05) is 13.8 Å². The fourth-order valence-electron chi connectivity index (χ4n) is 1.28. The second-order valence-electron chi connectivity index (χ2n) is 3.01. The first-order chi connectivity index (χ1) is 6.15. The van der Waals surface area contributed by atoms with Crippen molar-refractivity contribution in [1.82, 2.24) is 0 Å². The van der Waals surface area contributed by atoms with Crippen molar-refractivity contribution < 1.29 is 78.5 Å². The minimum Gasteiger partial charge on any atom is -0.820 e. The molecule has 0 aromatic carbocycles. The van der Waals surface area contributed by atoms with Gasteiger partial charge in [-0.15, -0.1) is 0 Å². The fraction of sp³-hybridized carbons (Fsp3) is 1.00. The largest absolute Gasteiger partial charge is 1.00 e. The molecule has 0 aliphatic heterocycles. The van der Waals surface area contributed by atoms with Crippen LogP contribution in [-0.4, -0.2) is 17.8 Å². The topological polar surface area (TPSA) is 75.6 Å². The summed E-state index contributed by atoms with van der Waals surface area (Å²) in [7, 11) is -2.81. The SMILES string of the molecule is CCCC(OP([O-])[O-])C(CC)CO.[Na+].[Na+]. The molecule has 2 unspecified atom stereocenters. The second kappa shape index (κ2) is 14.3. The van der Waals surface area contributed by atoms with E-state index in [2.05, 4.69) is 0 Å². The first kappa shape index (κ1) is 22.5. The Hall–Kier alpha value is 2.27. The van der Waals surface area contributed by atoms with Crippen LogP contribution in [-0.2, 0) is 4.52 Å². The maximum Gasteiger partial charge on any atom is 1.00 e. The van der Waals surface area contributed by atoms with Gasteiger partial charge >= 0.3 is 59.1 Å². The van der Waals surface area contributed by atoms with Crippen molar-refractivity contribution in [3.05, 3.63) is 0 Å². The summed E-state index contributed by atoms with van der Waals surface area (Å²) in [6, 6.07) is 0. The first-order valence-electron chi connectivity index (χ1n) is 4.57. The van der Waals surface area contributed by atoms with Gasteiger partial charge < -0.3 is 19.4 Å². The summed E-state index contributed by atoms with van der Waals surface area (Å²) in [4.78, 5) is 20.7. The summed E-state index contributed by atoms with van der Waals surface area (Å²) in [5.74, 6) is -0.0761. The molecular formula is C8H17Na2O4P. The minimum atomic E-state index is -2.81. The van der Waals surface area contributed by atoms with Crippen LogP contribution in [0.25, 0.3) is 0 Å². The number of aliphatic hydroxyl groups is 1. The van der Waals surface area contributed by atoms with Crippen LogP contribution in [0.2, 0.25) is 0 Å². The van der Waals surface area contributed by atoms with Crippen molar-refractivity contribution in [3.63, 3.8) is 0 Å². The molecule has 0 aliphatic carbocycles. The van der Waals surface area contributed by atoms with Gasteiger partial charge in [0.05, 0.1) is 6.10 Å². The fourth-order valence-corrected chi connectivity index (χ4v) is 1.78. The molecule has 0 rings (SSSR count). The van der Waals surface area contributed by atoms with E-state index in [-0.39, 0.29) is 77.7 Å². The molecule has 0 saturated heterocycles. The zero-order valence-corrected chi connectivity index (χ0v) is 15.0. The molecule has 0 aromatic rings. The smallest absolute Gasteiger partial charge is 0.820 e. The number of hydrogen-bond donors (Lipinski definition) is 1. The van der Waals surface area contributed by atoms with E-state index in [9.17, 15) is 9.79 Å². The van der Waals surface area contributed by atoms with Crippen molar-refractivity contribution in [3.8, 4) is 0 Å². The van der Waals surface area contributed by atoms with E-state index in [1.54, 1.807) is 0 Å². The van der Waals surface area contributed by atoms with Gasteiger partial charge in [-0.05, 0) is 12.8 Å². The van der Waals surface area contributed by atoms with E-state index >= 15 is 0 Å². The van der Waals surface area contributed by atoms with Gasteiger partial charge in [-0.25, -0.2) is 0 Å². The van der Waals surface area contributed by atoms with Gasteiger partial charge in [-0.3, -0.25) is 0 Å². The molecular weight excluding hydrogens is 237 g/mol. The Morgan fingerprint density at radius 1 is 1.27 bits per heavy atom. The van der Waals surface area contributed by atoms with Crippen molar-refractivity contribution in [2.45, 2.75) is 39.2 Å². The van der Waals surface area contributed by atoms with E-state index in [0.29, 0.717) is 6.42 Å². The average Bonchev–Trinajstić information content (AvgIpc) is 2.05. The zero-order chi connectivity index (χ0) is 10.3. The molecule has 2 atom stereocenters. The van der Waals surface area contributed by atoms with Gasteiger partial charge in [0.25, 0.3) is 0 Å². The Bertz CT molecular complexity index is 125. The summed E-state index contributed by atoms with van der Waals surface area (Å²) in [6.07, 6.45) is 1.89. The van der Waals surface area contributed by atoms with Crippen molar-refractivity contribution in [2.24, 2.45) is 5.92 Å². The average molecular weight is 254 g/mol. The minimum absolute atomic E-state index is 0. The van der Waals surface area contributed by atoms with E-state index < -0.39 is 8.60 Å². The van der Waals surface area contributed by atoms with Gasteiger partial charge in [0, 0.05) is 12.5 Å². The Kier molecular flexibility index (Phi) is 21.4. The predicted molar refractivity (Wildman–Crippen MR) is 47.6 cm³/mol. The molecule has 15 heavy (non-hydrogen) atoms. The van der Waals surface area contributed by atoms with Crippen LogP contribution in [0.4, 0.5) is 0 Å². The third-order valence-corrected chi connectivity index (χ3v) is 2.52. The van der Waals surface area contributed by atoms with Crippen LogP contribution < -0.4 is 68.9 Å². The van der Waals surface area contributed by atoms with Crippen LogP contribution in [0, 0.1) is 5.92 Å². The molecule has 0 aromatic heterocycles. The molecule has 0 saturated carbocycles. The Balaban J connectivity index is -0.000000720. The Labute approximate surface area is 137 Å². The van der Waals surface area contributed by atoms with Crippen LogP contribution >= 0.6 is 8.60 Å². The summed E-state index contributed by atoms with van der Waals surface area (Å²) in [5.41, 5.74) is 0. The van der Waals surface area contributed by atoms with Crippen molar-refractivity contribution in [1.29, 1.82) is 0 Å². The van der Waals surface area contributed by atoms with Crippen LogP contribution in [0.1, 0.15) is 33.1 Å². The van der Waals surface area contributed by atoms with Crippen molar-refractivity contribution >= 4 is 8.60 Å².